The molecule has 1 fully saturated rings. The molecule has 2 rings (SSSR count). The fourth-order valence-corrected chi connectivity index (χ4v) is 3.33. The summed E-state index contributed by atoms with van der Waals surface area (Å²) in [5.74, 6) is 1.27. The Kier molecular flexibility index (Phi) is 8.28. The van der Waals surface area contributed by atoms with Crippen LogP contribution < -0.4 is 5.56 Å². The number of rotatable bonds is 7. The molecule has 1 aliphatic rings. The molecule has 7 heteroatoms. The Morgan fingerprint density at radius 3 is 2.64 bits per heavy atom. The second-order valence-electron chi connectivity index (χ2n) is 6.00. The van der Waals surface area contributed by atoms with Crippen molar-refractivity contribution in [2.75, 3.05) is 25.4 Å². The van der Waals surface area contributed by atoms with Gasteiger partial charge in [0.25, 0.3) is 5.56 Å². The highest BCUT2D eigenvalue weighted by Crippen LogP contribution is 2.19. The topological polar surface area (TPSA) is 69.2 Å². The molecule has 0 bridgehead atoms. The van der Waals surface area contributed by atoms with Crippen molar-refractivity contribution in [1.29, 1.82) is 0 Å². The van der Waals surface area contributed by atoms with Crippen LogP contribution in [0, 0.1) is 5.92 Å². The molecule has 0 unspecified atom stereocenters. The predicted molar refractivity (Wildman–Crippen MR) is 93.3 cm³/mol. The second-order valence-corrected chi connectivity index (χ2v) is 7.09. The summed E-state index contributed by atoms with van der Waals surface area (Å²) in [6, 6.07) is 0. The highest BCUT2D eigenvalue weighted by molar-refractivity contribution is 7.99. The van der Waals surface area contributed by atoms with Gasteiger partial charge in [0, 0.05) is 12.3 Å². The van der Waals surface area contributed by atoms with Crippen molar-refractivity contribution in [3.8, 4) is 5.88 Å². The van der Waals surface area contributed by atoms with Crippen molar-refractivity contribution in [3.63, 3.8) is 0 Å². The van der Waals surface area contributed by atoms with Gasteiger partial charge in [-0.1, -0.05) is 25.6 Å². The van der Waals surface area contributed by atoms with Crippen molar-refractivity contribution in [2.45, 2.75) is 44.7 Å². The lowest BCUT2D eigenvalue weighted by molar-refractivity contribution is 0.362. The lowest BCUT2D eigenvalue weighted by atomic mass is 10.0. The van der Waals surface area contributed by atoms with E-state index in [0.717, 1.165) is 18.7 Å². The third-order valence-electron chi connectivity index (χ3n) is 3.79. The minimum absolute atomic E-state index is 0. The number of hydrogen-bond acceptors (Lipinski definition) is 5. The molecular formula is C15H26ClN3O2S. The van der Waals surface area contributed by atoms with Gasteiger partial charge < -0.3 is 15.0 Å². The molecule has 126 valence electrons. The Morgan fingerprint density at radius 2 is 2.05 bits per heavy atom. The molecule has 0 saturated carbocycles. The molecule has 2 heterocycles. The fourth-order valence-electron chi connectivity index (χ4n) is 2.47. The molecule has 0 atom stereocenters. The Bertz CT molecular complexity index is 516. The number of aromatic hydroxyl groups is 1. The van der Waals surface area contributed by atoms with Crippen LogP contribution in [0.3, 0.4) is 0 Å². The number of halogens is 1. The van der Waals surface area contributed by atoms with Gasteiger partial charge in [-0.15, -0.1) is 12.4 Å². The molecule has 0 aliphatic carbocycles. The summed E-state index contributed by atoms with van der Waals surface area (Å²) < 4.78 is 0. The van der Waals surface area contributed by atoms with Crippen molar-refractivity contribution < 1.29 is 5.11 Å². The molecule has 0 aromatic carbocycles. The van der Waals surface area contributed by atoms with E-state index in [-0.39, 0.29) is 23.8 Å². The Labute approximate surface area is 142 Å². The van der Waals surface area contributed by atoms with Crippen LogP contribution in [0.15, 0.2) is 9.95 Å². The zero-order chi connectivity index (χ0) is 15.2. The summed E-state index contributed by atoms with van der Waals surface area (Å²) in [6.45, 7) is 7.54. The minimum atomic E-state index is -0.202. The smallest absolute Gasteiger partial charge is 0.258 e. The van der Waals surface area contributed by atoms with E-state index in [0.29, 0.717) is 23.1 Å². The first kappa shape index (κ1) is 19.3. The predicted octanol–water partition coefficient (Wildman–Crippen LogP) is 2.67. The van der Waals surface area contributed by atoms with E-state index in [1.165, 1.54) is 37.7 Å². The Hall–Kier alpha value is -0.720. The fraction of sp³-hybridized carbons (Fsp3) is 0.733. The van der Waals surface area contributed by atoms with E-state index in [9.17, 15) is 9.90 Å². The lowest BCUT2D eigenvalue weighted by Crippen LogP contribution is -2.22. The maximum Gasteiger partial charge on any atom is 0.258 e. The number of thioether (sulfide) groups is 1. The van der Waals surface area contributed by atoms with Crippen LogP contribution in [-0.4, -0.2) is 45.4 Å². The number of nitrogens with one attached hydrogen (secondary N) is 1. The van der Waals surface area contributed by atoms with Crippen LogP contribution in [0.25, 0.3) is 0 Å². The number of H-pyrrole nitrogens is 1. The van der Waals surface area contributed by atoms with Gasteiger partial charge in [-0.2, -0.15) is 4.98 Å². The van der Waals surface area contributed by atoms with Crippen LogP contribution in [0.4, 0.5) is 0 Å². The Balaban J connectivity index is 0.00000242. The third-order valence-corrected chi connectivity index (χ3v) is 4.64. The van der Waals surface area contributed by atoms with Crippen molar-refractivity contribution in [2.24, 2.45) is 5.92 Å². The van der Waals surface area contributed by atoms with E-state index >= 15 is 0 Å². The van der Waals surface area contributed by atoms with E-state index in [1.807, 2.05) is 0 Å². The van der Waals surface area contributed by atoms with Crippen molar-refractivity contribution >= 4 is 24.2 Å². The molecule has 2 N–H and O–H groups in total. The van der Waals surface area contributed by atoms with E-state index in [1.54, 1.807) is 0 Å². The van der Waals surface area contributed by atoms with Gasteiger partial charge in [-0.3, -0.25) is 4.79 Å². The monoisotopic (exact) mass is 347 g/mol. The van der Waals surface area contributed by atoms with Crippen LogP contribution >= 0.6 is 24.2 Å². The number of aromatic nitrogens is 2. The van der Waals surface area contributed by atoms with Crippen molar-refractivity contribution in [3.05, 3.63) is 15.9 Å². The average molecular weight is 348 g/mol. The van der Waals surface area contributed by atoms with Crippen molar-refractivity contribution in [1.82, 2.24) is 14.9 Å². The minimum Gasteiger partial charge on any atom is -0.493 e. The molecule has 5 nitrogen and oxygen atoms in total. The third kappa shape index (κ3) is 5.82. The number of nitrogens with zero attached hydrogens (tertiary/aromatic N) is 2. The lowest BCUT2D eigenvalue weighted by Gasteiger charge is -2.13. The van der Waals surface area contributed by atoms with Gasteiger partial charge in [0.05, 0.1) is 5.56 Å². The highest BCUT2D eigenvalue weighted by atomic mass is 35.5. The van der Waals surface area contributed by atoms with Crippen LogP contribution in [-0.2, 0) is 6.42 Å². The molecule has 1 aliphatic heterocycles. The zero-order valence-corrected chi connectivity index (χ0v) is 14.9. The zero-order valence-electron chi connectivity index (χ0n) is 13.3. The maximum atomic E-state index is 12.0. The van der Waals surface area contributed by atoms with Gasteiger partial charge in [-0.25, -0.2) is 0 Å². The van der Waals surface area contributed by atoms with Gasteiger partial charge in [-0.05, 0) is 44.7 Å². The summed E-state index contributed by atoms with van der Waals surface area (Å²) >= 11 is 1.50. The largest absolute Gasteiger partial charge is 0.493 e. The average Bonchev–Trinajstić information content (AvgIpc) is 2.90. The maximum absolute atomic E-state index is 12.0. The van der Waals surface area contributed by atoms with Gasteiger partial charge in [0.1, 0.15) is 0 Å². The second kappa shape index (κ2) is 9.43. The summed E-state index contributed by atoms with van der Waals surface area (Å²) in [5.41, 5.74) is 0.208. The molecular weight excluding hydrogens is 322 g/mol. The summed E-state index contributed by atoms with van der Waals surface area (Å²) in [7, 11) is 0. The van der Waals surface area contributed by atoms with E-state index in [4.69, 9.17) is 0 Å². The normalized spacial score (nSPS) is 15.2. The number of likely N-dealkylation sites (tertiary alicyclic amines) is 1. The van der Waals surface area contributed by atoms with E-state index < -0.39 is 0 Å². The molecule has 1 aromatic rings. The molecule has 0 radical (unpaired) electrons. The molecule has 22 heavy (non-hydrogen) atoms. The quantitative estimate of drug-likeness (QED) is 0.586. The van der Waals surface area contributed by atoms with Crippen LogP contribution in [0.1, 0.15) is 38.7 Å². The highest BCUT2D eigenvalue weighted by Gasteiger charge is 2.13. The van der Waals surface area contributed by atoms with Gasteiger partial charge in [0.15, 0.2) is 5.16 Å². The standard InChI is InChI=1S/C15H25N3O2S.ClH/c1-11(2)5-6-12-13(19)16-15(17-14(12)20)21-10-9-18-7-3-4-8-18;/h11H,3-10H2,1-2H3,(H2,16,17,19,20);1H. The van der Waals surface area contributed by atoms with Crippen LogP contribution in [0.5, 0.6) is 5.88 Å². The molecule has 0 amide bonds. The molecule has 1 aromatic heterocycles. The summed E-state index contributed by atoms with van der Waals surface area (Å²) in [4.78, 5) is 21.3. The molecule has 1 saturated heterocycles. The first-order chi connectivity index (χ1) is 10.1. The first-order valence-corrected chi connectivity index (χ1v) is 8.72. The Morgan fingerprint density at radius 1 is 1.36 bits per heavy atom. The SMILES string of the molecule is CC(C)CCc1c(O)nc(SCCN2CCCC2)[nH]c1=O.Cl. The summed E-state index contributed by atoms with van der Waals surface area (Å²) in [5, 5.41) is 10.5. The number of aromatic amines is 1. The molecule has 0 spiro atoms. The summed E-state index contributed by atoms with van der Waals surface area (Å²) in [6.07, 6.45) is 4.01. The first-order valence-electron chi connectivity index (χ1n) is 7.73. The van der Waals surface area contributed by atoms with Gasteiger partial charge in [0.2, 0.25) is 5.88 Å². The van der Waals surface area contributed by atoms with E-state index in [2.05, 4.69) is 28.7 Å². The number of hydrogen-bond donors (Lipinski definition) is 2. The van der Waals surface area contributed by atoms with Crippen LogP contribution in [0.2, 0.25) is 0 Å². The van der Waals surface area contributed by atoms with Gasteiger partial charge >= 0.3 is 0 Å².